The highest BCUT2D eigenvalue weighted by Gasteiger charge is 2.28. The fourth-order valence-corrected chi connectivity index (χ4v) is 2.14. The predicted octanol–water partition coefficient (Wildman–Crippen LogP) is 4.01. The minimum absolute atomic E-state index is 0.454. The third-order valence-corrected chi connectivity index (χ3v) is 3.28. The second-order valence-corrected chi connectivity index (χ2v) is 5.63. The van der Waals surface area contributed by atoms with E-state index in [9.17, 15) is 0 Å². The fraction of sp³-hybridized carbons (Fsp3) is 0.923. The van der Waals surface area contributed by atoms with Gasteiger partial charge < -0.3 is 4.84 Å². The molecule has 0 atom stereocenters. The molecule has 1 fully saturated rings. The molecule has 0 saturated heterocycles. The van der Waals surface area contributed by atoms with Gasteiger partial charge in [-0.2, -0.15) is 0 Å². The van der Waals surface area contributed by atoms with Crippen molar-refractivity contribution in [1.82, 2.24) is 0 Å². The average Bonchev–Trinajstić information content (AvgIpc) is 2.18. The molecule has 0 radical (unpaired) electrons. The summed E-state index contributed by atoms with van der Waals surface area (Å²) in [6.07, 6.45) is 5.86. The van der Waals surface area contributed by atoms with Crippen LogP contribution in [0.1, 0.15) is 59.8 Å². The van der Waals surface area contributed by atoms with Gasteiger partial charge >= 0.3 is 0 Å². The zero-order chi connectivity index (χ0) is 11.3. The van der Waals surface area contributed by atoms with Gasteiger partial charge in [-0.25, -0.2) is 0 Å². The maximum Gasteiger partial charge on any atom is 0.116 e. The van der Waals surface area contributed by atoms with E-state index in [1.165, 1.54) is 18.6 Å². The van der Waals surface area contributed by atoms with E-state index in [0.29, 0.717) is 5.41 Å². The first-order valence-electron chi connectivity index (χ1n) is 6.21. The molecule has 15 heavy (non-hydrogen) atoms. The van der Waals surface area contributed by atoms with E-state index < -0.39 is 0 Å². The van der Waals surface area contributed by atoms with Crippen LogP contribution in [0, 0.1) is 11.3 Å². The standard InChI is InChI=1S/C13H25NO/c1-5-10-15-14-12-8-6-11(7-9-12)13(2,3)4/h11H,5-10H2,1-4H3. The molecular weight excluding hydrogens is 186 g/mol. The first kappa shape index (κ1) is 12.5. The number of nitrogens with zero attached hydrogens (tertiary/aromatic N) is 1. The lowest BCUT2D eigenvalue weighted by Gasteiger charge is -2.34. The second kappa shape index (κ2) is 5.53. The third kappa shape index (κ3) is 4.23. The molecule has 1 aliphatic carbocycles. The molecular formula is C13H25NO. The van der Waals surface area contributed by atoms with Crippen LogP contribution in [0.3, 0.4) is 0 Å². The molecule has 0 aromatic heterocycles. The molecule has 0 aromatic rings. The zero-order valence-corrected chi connectivity index (χ0v) is 10.7. The van der Waals surface area contributed by atoms with E-state index in [2.05, 4.69) is 32.9 Å². The van der Waals surface area contributed by atoms with E-state index in [-0.39, 0.29) is 0 Å². The molecule has 0 spiro atoms. The normalized spacial score (nSPS) is 22.7. The van der Waals surface area contributed by atoms with Crippen molar-refractivity contribution in [2.75, 3.05) is 6.61 Å². The highest BCUT2D eigenvalue weighted by Crippen LogP contribution is 2.36. The van der Waals surface area contributed by atoms with E-state index in [1.54, 1.807) is 0 Å². The molecule has 1 saturated carbocycles. The molecule has 2 nitrogen and oxygen atoms in total. The van der Waals surface area contributed by atoms with Crippen molar-refractivity contribution in [3.63, 3.8) is 0 Å². The lowest BCUT2D eigenvalue weighted by atomic mass is 9.72. The van der Waals surface area contributed by atoms with Gasteiger partial charge in [0, 0.05) is 0 Å². The molecule has 0 unspecified atom stereocenters. The second-order valence-electron chi connectivity index (χ2n) is 5.63. The van der Waals surface area contributed by atoms with Gasteiger partial charge in [-0.3, -0.25) is 0 Å². The Morgan fingerprint density at radius 2 is 1.87 bits per heavy atom. The van der Waals surface area contributed by atoms with Crippen LogP contribution in [0.15, 0.2) is 5.16 Å². The van der Waals surface area contributed by atoms with Crippen molar-refractivity contribution in [3.8, 4) is 0 Å². The maximum absolute atomic E-state index is 5.23. The van der Waals surface area contributed by atoms with Crippen molar-refractivity contribution >= 4 is 5.71 Å². The van der Waals surface area contributed by atoms with Crippen molar-refractivity contribution in [3.05, 3.63) is 0 Å². The molecule has 2 heteroatoms. The first-order valence-corrected chi connectivity index (χ1v) is 6.21. The van der Waals surface area contributed by atoms with Crippen LogP contribution in [-0.2, 0) is 4.84 Å². The Balaban J connectivity index is 2.32. The van der Waals surface area contributed by atoms with Gasteiger partial charge in [0.05, 0.1) is 5.71 Å². The summed E-state index contributed by atoms with van der Waals surface area (Å²) in [7, 11) is 0. The van der Waals surface area contributed by atoms with Gasteiger partial charge in [0.2, 0.25) is 0 Å². The summed E-state index contributed by atoms with van der Waals surface area (Å²) in [6, 6.07) is 0. The smallest absolute Gasteiger partial charge is 0.116 e. The Morgan fingerprint density at radius 3 is 2.33 bits per heavy atom. The Labute approximate surface area is 94.1 Å². The van der Waals surface area contributed by atoms with E-state index in [0.717, 1.165) is 31.8 Å². The Morgan fingerprint density at radius 1 is 1.27 bits per heavy atom. The summed E-state index contributed by atoms with van der Waals surface area (Å²) in [5.74, 6) is 0.850. The topological polar surface area (TPSA) is 21.6 Å². The summed E-state index contributed by atoms with van der Waals surface area (Å²) in [5.41, 5.74) is 1.72. The van der Waals surface area contributed by atoms with Crippen LogP contribution in [0.5, 0.6) is 0 Å². The van der Waals surface area contributed by atoms with E-state index in [1.807, 2.05) is 0 Å². The quantitative estimate of drug-likeness (QED) is 0.510. The van der Waals surface area contributed by atoms with Crippen LogP contribution in [0.4, 0.5) is 0 Å². The highest BCUT2D eigenvalue weighted by molar-refractivity contribution is 5.84. The number of rotatable bonds is 3. The monoisotopic (exact) mass is 211 g/mol. The Kier molecular flexibility index (Phi) is 4.62. The average molecular weight is 211 g/mol. The summed E-state index contributed by atoms with van der Waals surface area (Å²) in [4.78, 5) is 5.23. The largest absolute Gasteiger partial charge is 0.396 e. The van der Waals surface area contributed by atoms with Crippen LogP contribution in [0.2, 0.25) is 0 Å². The molecule has 1 aliphatic rings. The van der Waals surface area contributed by atoms with Crippen LogP contribution < -0.4 is 0 Å². The zero-order valence-electron chi connectivity index (χ0n) is 10.7. The highest BCUT2D eigenvalue weighted by atomic mass is 16.6. The summed E-state index contributed by atoms with van der Waals surface area (Å²) >= 11 is 0. The molecule has 1 rings (SSSR count). The van der Waals surface area contributed by atoms with Crippen LogP contribution in [0.25, 0.3) is 0 Å². The summed E-state index contributed by atoms with van der Waals surface area (Å²) in [6.45, 7) is 9.89. The molecule has 0 amide bonds. The molecule has 0 aliphatic heterocycles. The predicted molar refractivity (Wildman–Crippen MR) is 65.1 cm³/mol. The SMILES string of the molecule is CCCON=C1CCC(C(C)(C)C)CC1. The third-order valence-electron chi connectivity index (χ3n) is 3.28. The van der Waals surface area contributed by atoms with Crippen molar-refractivity contribution in [1.29, 1.82) is 0 Å². The van der Waals surface area contributed by atoms with Gasteiger partial charge in [-0.15, -0.1) is 0 Å². The van der Waals surface area contributed by atoms with Gasteiger partial charge in [0.1, 0.15) is 6.61 Å². The number of oxime groups is 1. The van der Waals surface area contributed by atoms with Crippen LogP contribution in [-0.4, -0.2) is 12.3 Å². The Hall–Kier alpha value is -0.530. The molecule has 0 aromatic carbocycles. The van der Waals surface area contributed by atoms with E-state index in [4.69, 9.17) is 4.84 Å². The first-order chi connectivity index (χ1) is 7.04. The van der Waals surface area contributed by atoms with Gasteiger partial charge in [0.15, 0.2) is 0 Å². The van der Waals surface area contributed by atoms with E-state index >= 15 is 0 Å². The fourth-order valence-electron chi connectivity index (χ4n) is 2.14. The lowest BCUT2D eigenvalue weighted by Crippen LogP contribution is -2.26. The van der Waals surface area contributed by atoms with Crippen molar-refractivity contribution < 1.29 is 4.84 Å². The van der Waals surface area contributed by atoms with Gasteiger partial charge in [-0.1, -0.05) is 32.9 Å². The Bertz CT molecular complexity index is 205. The minimum atomic E-state index is 0.454. The summed E-state index contributed by atoms with van der Waals surface area (Å²) < 4.78 is 0. The number of hydrogen-bond donors (Lipinski definition) is 0. The van der Waals surface area contributed by atoms with Gasteiger partial charge in [0.25, 0.3) is 0 Å². The molecule has 0 heterocycles. The maximum atomic E-state index is 5.23. The number of hydrogen-bond acceptors (Lipinski definition) is 2. The molecule has 0 N–H and O–H groups in total. The minimum Gasteiger partial charge on any atom is -0.396 e. The molecule has 88 valence electrons. The summed E-state index contributed by atoms with van der Waals surface area (Å²) in [5, 5.41) is 4.21. The van der Waals surface area contributed by atoms with Crippen molar-refractivity contribution in [2.45, 2.75) is 59.8 Å². The molecule has 0 bridgehead atoms. The van der Waals surface area contributed by atoms with Crippen molar-refractivity contribution in [2.24, 2.45) is 16.5 Å². The lowest BCUT2D eigenvalue weighted by molar-refractivity contribution is 0.140. The van der Waals surface area contributed by atoms with Crippen LogP contribution >= 0.6 is 0 Å². The van der Waals surface area contributed by atoms with Gasteiger partial charge in [-0.05, 0) is 43.4 Å².